The third-order valence-electron chi connectivity index (χ3n) is 3.02. The molecule has 2 aromatic rings. The highest BCUT2D eigenvalue weighted by molar-refractivity contribution is 5.96. The van der Waals surface area contributed by atoms with Crippen LogP contribution >= 0.6 is 0 Å². The highest BCUT2D eigenvalue weighted by Crippen LogP contribution is 2.31. The predicted molar refractivity (Wildman–Crippen MR) is 75.6 cm³/mol. The maximum absolute atomic E-state index is 12.7. The molecular formula is C14H17F2N3O. The Balaban J connectivity index is 2.51. The summed E-state index contributed by atoms with van der Waals surface area (Å²) in [6, 6.07) is 7.29. The Morgan fingerprint density at radius 1 is 1.30 bits per heavy atom. The van der Waals surface area contributed by atoms with Crippen LogP contribution in [0.15, 0.2) is 30.5 Å². The second-order valence-corrected chi connectivity index (χ2v) is 4.32. The average Bonchev–Trinajstić information content (AvgIpc) is 2.45. The van der Waals surface area contributed by atoms with Gasteiger partial charge in [0.05, 0.1) is 13.7 Å². The van der Waals surface area contributed by atoms with Crippen molar-refractivity contribution < 1.29 is 13.5 Å². The fraction of sp³-hybridized carbons (Fsp3) is 0.357. The molecule has 1 heterocycles. The van der Waals surface area contributed by atoms with Gasteiger partial charge in [0, 0.05) is 30.1 Å². The highest BCUT2D eigenvalue weighted by Gasteiger charge is 2.16. The van der Waals surface area contributed by atoms with Gasteiger partial charge in [0.15, 0.2) is 0 Å². The van der Waals surface area contributed by atoms with E-state index in [-0.39, 0.29) is 13.1 Å². The summed E-state index contributed by atoms with van der Waals surface area (Å²) in [5.74, 6) is 1.20. The van der Waals surface area contributed by atoms with Crippen LogP contribution in [0.4, 0.5) is 14.6 Å². The van der Waals surface area contributed by atoms with Crippen LogP contribution in [0.25, 0.3) is 10.8 Å². The lowest BCUT2D eigenvalue weighted by atomic mass is 10.1. The number of benzene rings is 1. The first-order valence-electron chi connectivity index (χ1n) is 6.32. The number of aromatic nitrogens is 1. The number of nitrogens with two attached hydrogens (primary N) is 1. The first-order valence-corrected chi connectivity index (χ1v) is 6.32. The Morgan fingerprint density at radius 2 is 2.10 bits per heavy atom. The third kappa shape index (κ3) is 2.96. The molecule has 0 aliphatic carbocycles. The molecule has 0 saturated heterocycles. The van der Waals surface area contributed by atoms with Gasteiger partial charge < -0.3 is 15.4 Å². The van der Waals surface area contributed by atoms with Gasteiger partial charge in [0.1, 0.15) is 11.6 Å². The number of ether oxygens (including phenoxy) is 1. The number of hydrogen-bond acceptors (Lipinski definition) is 4. The van der Waals surface area contributed by atoms with Crippen molar-refractivity contribution in [3.8, 4) is 5.75 Å². The van der Waals surface area contributed by atoms with Gasteiger partial charge in [0.25, 0.3) is 6.43 Å². The van der Waals surface area contributed by atoms with Gasteiger partial charge in [-0.1, -0.05) is 12.1 Å². The molecule has 2 rings (SSSR count). The van der Waals surface area contributed by atoms with E-state index in [9.17, 15) is 8.78 Å². The second-order valence-electron chi connectivity index (χ2n) is 4.32. The summed E-state index contributed by atoms with van der Waals surface area (Å²) in [6.07, 6.45) is -0.848. The minimum atomic E-state index is -2.44. The van der Waals surface area contributed by atoms with Gasteiger partial charge in [-0.2, -0.15) is 0 Å². The maximum Gasteiger partial charge on any atom is 0.255 e. The number of pyridine rings is 1. The summed E-state index contributed by atoms with van der Waals surface area (Å²) < 4.78 is 30.7. The number of halogens is 2. The Labute approximate surface area is 116 Å². The summed E-state index contributed by atoms with van der Waals surface area (Å²) in [7, 11) is 1.58. The van der Waals surface area contributed by atoms with Gasteiger partial charge in [-0.3, -0.25) is 0 Å². The van der Waals surface area contributed by atoms with E-state index in [0.29, 0.717) is 18.1 Å². The highest BCUT2D eigenvalue weighted by atomic mass is 19.3. The fourth-order valence-corrected chi connectivity index (χ4v) is 2.20. The van der Waals surface area contributed by atoms with E-state index < -0.39 is 6.43 Å². The summed E-state index contributed by atoms with van der Waals surface area (Å²) in [6.45, 7) is 0.225. The number of alkyl halides is 2. The number of methoxy groups -OCH3 is 1. The summed E-state index contributed by atoms with van der Waals surface area (Å²) >= 11 is 0. The van der Waals surface area contributed by atoms with Gasteiger partial charge in [-0.25, -0.2) is 13.8 Å². The largest absolute Gasteiger partial charge is 0.496 e. The van der Waals surface area contributed by atoms with Crippen molar-refractivity contribution in [2.45, 2.75) is 6.43 Å². The van der Waals surface area contributed by atoms with Crippen LogP contribution in [0.1, 0.15) is 0 Å². The number of hydrogen-bond donors (Lipinski definition) is 1. The molecule has 108 valence electrons. The Bertz CT molecular complexity index is 577. The predicted octanol–water partition coefficient (Wildman–Crippen LogP) is 2.27. The molecule has 0 aliphatic rings. The van der Waals surface area contributed by atoms with Crippen molar-refractivity contribution in [1.29, 1.82) is 0 Å². The van der Waals surface area contributed by atoms with E-state index in [1.165, 1.54) is 4.90 Å². The topological polar surface area (TPSA) is 51.4 Å². The number of fused-ring (bicyclic) bond motifs is 1. The standard InChI is InChI=1S/C14H17F2N3O/c1-20-12-4-2-3-11-10(12)5-7-18-14(11)19(8-6-17)9-13(15)16/h2-5,7,13H,6,8-9,17H2,1H3. The number of nitrogens with zero attached hydrogens (tertiary/aromatic N) is 2. The van der Waals surface area contributed by atoms with Crippen LogP contribution in [-0.2, 0) is 0 Å². The third-order valence-corrected chi connectivity index (χ3v) is 3.02. The van der Waals surface area contributed by atoms with E-state index >= 15 is 0 Å². The molecule has 1 aromatic carbocycles. The van der Waals surface area contributed by atoms with Crippen LogP contribution in [-0.4, -0.2) is 38.2 Å². The van der Waals surface area contributed by atoms with Crippen molar-refractivity contribution >= 4 is 16.6 Å². The Kier molecular flexibility index (Phi) is 4.68. The quantitative estimate of drug-likeness (QED) is 0.882. The average molecular weight is 281 g/mol. The second kappa shape index (κ2) is 6.47. The van der Waals surface area contributed by atoms with E-state index in [4.69, 9.17) is 10.5 Å². The SMILES string of the molecule is COc1cccc2c(N(CCN)CC(F)F)nccc12. The lowest BCUT2D eigenvalue weighted by Gasteiger charge is -2.24. The van der Waals surface area contributed by atoms with Crippen LogP contribution in [0, 0.1) is 0 Å². The zero-order valence-corrected chi connectivity index (χ0v) is 11.2. The Hall–Kier alpha value is -1.95. The smallest absolute Gasteiger partial charge is 0.255 e. The van der Waals surface area contributed by atoms with E-state index in [2.05, 4.69) is 4.98 Å². The molecule has 2 N–H and O–H groups in total. The molecule has 20 heavy (non-hydrogen) atoms. The number of anilines is 1. The fourth-order valence-electron chi connectivity index (χ4n) is 2.20. The molecule has 0 spiro atoms. The summed E-state index contributed by atoms with van der Waals surface area (Å²) in [5.41, 5.74) is 5.50. The molecule has 0 amide bonds. The van der Waals surface area contributed by atoms with Crippen molar-refractivity contribution in [3.63, 3.8) is 0 Å². The van der Waals surface area contributed by atoms with Gasteiger partial charge in [0.2, 0.25) is 0 Å². The van der Waals surface area contributed by atoms with Gasteiger partial charge >= 0.3 is 0 Å². The molecule has 0 aliphatic heterocycles. The molecule has 0 radical (unpaired) electrons. The molecule has 1 aromatic heterocycles. The molecule has 6 heteroatoms. The maximum atomic E-state index is 12.7. The lowest BCUT2D eigenvalue weighted by Crippen LogP contribution is -2.34. The van der Waals surface area contributed by atoms with Crippen LogP contribution in [0.3, 0.4) is 0 Å². The molecular weight excluding hydrogens is 264 g/mol. The van der Waals surface area contributed by atoms with Crippen molar-refractivity contribution in [2.24, 2.45) is 5.73 Å². The molecule has 0 bridgehead atoms. The zero-order chi connectivity index (χ0) is 14.5. The normalized spacial score (nSPS) is 11.1. The van der Waals surface area contributed by atoms with Crippen LogP contribution in [0.5, 0.6) is 5.75 Å². The van der Waals surface area contributed by atoms with Crippen LogP contribution < -0.4 is 15.4 Å². The molecule has 0 unspecified atom stereocenters. The first kappa shape index (κ1) is 14.5. The minimum absolute atomic E-state index is 0.286. The van der Waals surface area contributed by atoms with Crippen molar-refractivity contribution in [1.82, 2.24) is 4.98 Å². The van der Waals surface area contributed by atoms with Crippen molar-refractivity contribution in [2.75, 3.05) is 31.6 Å². The van der Waals surface area contributed by atoms with Crippen molar-refractivity contribution in [3.05, 3.63) is 30.5 Å². The van der Waals surface area contributed by atoms with Crippen LogP contribution in [0.2, 0.25) is 0 Å². The van der Waals surface area contributed by atoms with Gasteiger partial charge in [-0.15, -0.1) is 0 Å². The Morgan fingerprint density at radius 3 is 2.75 bits per heavy atom. The van der Waals surface area contributed by atoms with E-state index in [0.717, 1.165) is 10.8 Å². The lowest BCUT2D eigenvalue weighted by molar-refractivity contribution is 0.155. The molecule has 4 nitrogen and oxygen atoms in total. The summed E-state index contributed by atoms with van der Waals surface area (Å²) in [5, 5.41) is 1.62. The van der Waals surface area contributed by atoms with E-state index in [1.807, 2.05) is 18.2 Å². The summed E-state index contributed by atoms with van der Waals surface area (Å²) in [4.78, 5) is 5.74. The minimum Gasteiger partial charge on any atom is -0.496 e. The molecule has 0 saturated carbocycles. The molecule has 0 atom stereocenters. The zero-order valence-electron chi connectivity index (χ0n) is 11.2. The monoisotopic (exact) mass is 281 g/mol. The molecule has 0 fully saturated rings. The van der Waals surface area contributed by atoms with E-state index in [1.54, 1.807) is 19.4 Å². The first-order chi connectivity index (χ1) is 9.67. The number of rotatable bonds is 6. The van der Waals surface area contributed by atoms with Gasteiger partial charge in [-0.05, 0) is 12.1 Å².